The van der Waals surface area contributed by atoms with Crippen molar-refractivity contribution < 1.29 is 31.5 Å². The van der Waals surface area contributed by atoms with Crippen LogP contribution in [0.5, 0.6) is 5.75 Å². The molecule has 1 N–H and O–H groups in total. The first-order chi connectivity index (χ1) is 15.9. The molecule has 0 bridgehead atoms. The largest absolute Gasteiger partial charge is 0.435 e. The molecule has 2 aromatic carbocycles. The Morgan fingerprint density at radius 2 is 1.94 bits per heavy atom. The topological polar surface area (TPSA) is 92.8 Å². The highest BCUT2D eigenvalue weighted by atomic mass is 32.2. The van der Waals surface area contributed by atoms with Crippen molar-refractivity contribution >= 4 is 33.0 Å². The van der Waals surface area contributed by atoms with E-state index in [4.69, 9.17) is 0 Å². The number of sulfone groups is 1. The van der Waals surface area contributed by atoms with E-state index in [1.807, 2.05) is 6.92 Å². The molecule has 2 heterocycles. The van der Waals surface area contributed by atoms with Gasteiger partial charge in [0, 0.05) is 11.6 Å². The molecule has 2 amide bonds. The first kappa shape index (κ1) is 24.1. The molecular weight excluding hydrogens is 466 g/mol. The van der Waals surface area contributed by atoms with Crippen LogP contribution >= 0.6 is 0 Å². The summed E-state index contributed by atoms with van der Waals surface area (Å²) in [5, 5.41) is 2.84. The van der Waals surface area contributed by atoms with E-state index in [9.17, 15) is 26.8 Å². The predicted molar refractivity (Wildman–Crippen MR) is 123 cm³/mol. The van der Waals surface area contributed by atoms with E-state index in [-0.39, 0.29) is 23.2 Å². The number of carbonyl (C=O) groups is 2. The fourth-order valence-corrected chi connectivity index (χ4v) is 6.73. The van der Waals surface area contributed by atoms with Gasteiger partial charge in [-0.3, -0.25) is 14.5 Å². The molecule has 0 saturated carbocycles. The molecule has 2 atom stereocenters. The van der Waals surface area contributed by atoms with Crippen LogP contribution < -0.4 is 15.0 Å². The summed E-state index contributed by atoms with van der Waals surface area (Å²) in [6, 6.07) is 10.8. The second kappa shape index (κ2) is 8.33. The summed E-state index contributed by atoms with van der Waals surface area (Å²) in [5.41, 5.74) is 0.0875. The Morgan fingerprint density at radius 3 is 2.56 bits per heavy atom. The second-order valence-electron chi connectivity index (χ2n) is 9.29. The Labute approximate surface area is 197 Å². The molecule has 7 nitrogen and oxygen atoms in total. The molecule has 182 valence electrons. The smallest absolute Gasteiger partial charge is 0.387 e. The molecule has 0 aromatic heterocycles. The van der Waals surface area contributed by atoms with Crippen LogP contribution in [-0.4, -0.2) is 43.9 Å². The van der Waals surface area contributed by atoms with Gasteiger partial charge in [-0.25, -0.2) is 8.42 Å². The Hall–Kier alpha value is -3.01. The molecule has 1 saturated heterocycles. The molecule has 34 heavy (non-hydrogen) atoms. The normalized spacial score (nSPS) is 25.5. The van der Waals surface area contributed by atoms with E-state index >= 15 is 0 Å². The maximum atomic E-state index is 13.5. The highest BCUT2D eigenvalue weighted by Gasteiger charge is 2.47. The maximum absolute atomic E-state index is 13.5. The van der Waals surface area contributed by atoms with Crippen LogP contribution in [0.25, 0.3) is 0 Å². The molecule has 2 aliphatic heterocycles. The van der Waals surface area contributed by atoms with E-state index in [1.165, 1.54) is 23.1 Å². The van der Waals surface area contributed by atoms with Crippen LogP contribution in [0.3, 0.4) is 0 Å². The molecule has 1 fully saturated rings. The Balaban J connectivity index is 1.69. The van der Waals surface area contributed by atoms with Crippen LogP contribution in [0.2, 0.25) is 0 Å². The molecule has 1 unspecified atom stereocenters. The van der Waals surface area contributed by atoms with E-state index in [0.29, 0.717) is 35.3 Å². The summed E-state index contributed by atoms with van der Waals surface area (Å²) in [6.07, 6.45) is 0.783. The Morgan fingerprint density at radius 1 is 1.21 bits per heavy atom. The minimum Gasteiger partial charge on any atom is -0.435 e. The summed E-state index contributed by atoms with van der Waals surface area (Å²) in [6.45, 7) is 2.35. The van der Waals surface area contributed by atoms with E-state index < -0.39 is 33.3 Å². The standard InChI is InChI=1S/C24H26F2N2O5S/c1-4-24(3)18-12-15(20(29)27-23(2)10-11-34(31,32)14-23)8-9-19(18)28(21(24)30)16-6-5-7-17(13-16)33-22(25)26/h5-9,12-13,22H,4,10-11,14H2,1-3H3,(H,27,29)/t23-,24?/m1/s1. The number of anilines is 2. The van der Waals surface area contributed by atoms with Crippen molar-refractivity contribution in [2.75, 3.05) is 16.4 Å². The van der Waals surface area contributed by atoms with Gasteiger partial charge in [-0.05, 0) is 62.6 Å². The van der Waals surface area contributed by atoms with Crippen molar-refractivity contribution in [2.45, 2.75) is 51.2 Å². The lowest BCUT2D eigenvalue weighted by Crippen LogP contribution is -2.47. The SMILES string of the molecule is CCC1(C)C(=O)N(c2cccc(OC(F)F)c2)c2ccc(C(=O)N[C@]3(C)CCS(=O)(=O)C3)cc21. The Kier molecular flexibility index (Phi) is 5.91. The van der Waals surface area contributed by atoms with Crippen LogP contribution in [0, 0.1) is 0 Å². The van der Waals surface area contributed by atoms with Gasteiger partial charge in [0.05, 0.1) is 33.8 Å². The first-order valence-electron chi connectivity index (χ1n) is 10.9. The molecule has 0 spiro atoms. The van der Waals surface area contributed by atoms with Gasteiger partial charge in [-0.15, -0.1) is 0 Å². The van der Waals surface area contributed by atoms with Crippen LogP contribution in [0.1, 0.15) is 49.5 Å². The van der Waals surface area contributed by atoms with Gasteiger partial charge in [-0.1, -0.05) is 13.0 Å². The zero-order chi connectivity index (χ0) is 24.9. The highest BCUT2D eigenvalue weighted by molar-refractivity contribution is 7.91. The van der Waals surface area contributed by atoms with Crippen LogP contribution in [-0.2, 0) is 20.0 Å². The van der Waals surface area contributed by atoms with E-state index in [1.54, 1.807) is 38.1 Å². The minimum atomic E-state index is -3.19. The van der Waals surface area contributed by atoms with Crippen molar-refractivity contribution in [3.05, 3.63) is 53.6 Å². The lowest BCUT2D eigenvalue weighted by molar-refractivity contribution is -0.122. The molecule has 2 aliphatic rings. The lowest BCUT2D eigenvalue weighted by atomic mass is 9.80. The summed E-state index contributed by atoms with van der Waals surface area (Å²) < 4.78 is 53.6. The van der Waals surface area contributed by atoms with E-state index in [0.717, 1.165) is 0 Å². The molecule has 10 heteroatoms. The van der Waals surface area contributed by atoms with Gasteiger partial charge in [0.15, 0.2) is 9.84 Å². The van der Waals surface area contributed by atoms with Gasteiger partial charge in [0.2, 0.25) is 5.91 Å². The number of amides is 2. The second-order valence-corrected chi connectivity index (χ2v) is 11.5. The average Bonchev–Trinajstić information content (AvgIpc) is 3.17. The number of hydrogen-bond donors (Lipinski definition) is 1. The van der Waals surface area contributed by atoms with Crippen molar-refractivity contribution in [1.82, 2.24) is 5.32 Å². The number of rotatable bonds is 6. The number of ether oxygens (including phenoxy) is 1. The van der Waals surface area contributed by atoms with Gasteiger partial charge in [-0.2, -0.15) is 8.78 Å². The lowest BCUT2D eigenvalue weighted by Gasteiger charge is -2.24. The fourth-order valence-electron chi connectivity index (χ4n) is 4.64. The highest BCUT2D eigenvalue weighted by Crippen LogP contribution is 2.48. The molecule has 4 rings (SSSR count). The van der Waals surface area contributed by atoms with Gasteiger partial charge in [0.25, 0.3) is 5.91 Å². The monoisotopic (exact) mass is 492 g/mol. The Bertz CT molecular complexity index is 1270. The van der Waals surface area contributed by atoms with Crippen molar-refractivity contribution in [1.29, 1.82) is 0 Å². The maximum Gasteiger partial charge on any atom is 0.387 e. The summed E-state index contributed by atoms with van der Waals surface area (Å²) in [4.78, 5) is 28.0. The van der Waals surface area contributed by atoms with Crippen molar-refractivity contribution in [3.8, 4) is 5.75 Å². The number of alkyl halides is 2. The number of carbonyl (C=O) groups excluding carboxylic acids is 2. The number of nitrogens with zero attached hydrogens (tertiary/aromatic N) is 1. The quantitative estimate of drug-likeness (QED) is 0.660. The van der Waals surface area contributed by atoms with Crippen molar-refractivity contribution in [2.24, 2.45) is 0 Å². The van der Waals surface area contributed by atoms with Crippen LogP contribution in [0.4, 0.5) is 20.2 Å². The zero-order valence-electron chi connectivity index (χ0n) is 19.1. The molecule has 0 aliphatic carbocycles. The predicted octanol–water partition coefficient (Wildman–Crippen LogP) is 3.94. The third kappa shape index (κ3) is 4.26. The summed E-state index contributed by atoms with van der Waals surface area (Å²) >= 11 is 0. The number of fused-ring (bicyclic) bond motifs is 1. The zero-order valence-corrected chi connectivity index (χ0v) is 19.9. The van der Waals surface area contributed by atoms with E-state index in [2.05, 4.69) is 10.1 Å². The third-order valence-corrected chi connectivity index (χ3v) is 8.60. The first-order valence-corrected chi connectivity index (χ1v) is 12.8. The fraction of sp³-hybridized carbons (Fsp3) is 0.417. The number of hydrogen-bond acceptors (Lipinski definition) is 5. The van der Waals surface area contributed by atoms with Gasteiger partial charge in [0.1, 0.15) is 5.75 Å². The molecule has 2 aromatic rings. The number of nitrogens with one attached hydrogen (secondary N) is 1. The van der Waals surface area contributed by atoms with Crippen LogP contribution in [0.15, 0.2) is 42.5 Å². The molecule has 0 radical (unpaired) electrons. The third-order valence-electron chi connectivity index (χ3n) is 6.70. The van der Waals surface area contributed by atoms with Gasteiger partial charge >= 0.3 is 6.61 Å². The average molecular weight is 493 g/mol. The number of halogens is 2. The van der Waals surface area contributed by atoms with Gasteiger partial charge < -0.3 is 10.1 Å². The minimum absolute atomic E-state index is 0.0275. The summed E-state index contributed by atoms with van der Waals surface area (Å²) in [7, 11) is -3.19. The summed E-state index contributed by atoms with van der Waals surface area (Å²) in [5.74, 6) is -0.820. The van der Waals surface area contributed by atoms with Crippen molar-refractivity contribution in [3.63, 3.8) is 0 Å². The number of benzene rings is 2. The molecular formula is C24H26F2N2O5S.